The minimum atomic E-state index is 0.536. The number of allylic oxidation sites excluding steroid dienone is 2. The van der Waals surface area contributed by atoms with Crippen LogP contribution in [0.15, 0.2) is 42.0 Å². The normalized spacial score (nSPS) is 15.8. The van der Waals surface area contributed by atoms with Gasteiger partial charge in [0.1, 0.15) is 0 Å². The van der Waals surface area contributed by atoms with E-state index in [2.05, 4.69) is 77.6 Å². The van der Waals surface area contributed by atoms with Crippen molar-refractivity contribution in [2.45, 2.75) is 99.5 Å². The summed E-state index contributed by atoms with van der Waals surface area (Å²) >= 11 is 0. The van der Waals surface area contributed by atoms with Crippen molar-refractivity contribution in [3.63, 3.8) is 0 Å². The number of likely N-dealkylation sites (tertiary alicyclic amines) is 1. The number of hydrogen-bond donors (Lipinski definition) is 0. The van der Waals surface area contributed by atoms with Gasteiger partial charge in [0.05, 0.1) is 27.4 Å². The minimum Gasteiger partial charge on any atom is -0.493 e. The summed E-state index contributed by atoms with van der Waals surface area (Å²) < 4.78 is 23.9. The van der Waals surface area contributed by atoms with E-state index in [1.807, 2.05) is 12.1 Å². The number of piperidine rings is 1. The van der Waals surface area contributed by atoms with Gasteiger partial charge in [-0.2, -0.15) is 0 Å². The number of methoxy groups -OCH3 is 2. The van der Waals surface area contributed by atoms with E-state index in [4.69, 9.17) is 18.9 Å². The first-order chi connectivity index (χ1) is 19.8. The molecule has 1 fully saturated rings. The van der Waals surface area contributed by atoms with Gasteiger partial charge in [-0.25, -0.2) is 0 Å². The fourth-order valence-electron chi connectivity index (χ4n) is 5.02. The molecule has 0 amide bonds. The molecule has 1 aliphatic rings. The third-order valence-electron chi connectivity index (χ3n) is 8.03. The maximum atomic E-state index is 6.56. The monoisotopic (exact) mass is 567 g/mol. The summed E-state index contributed by atoms with van der Waals surface area (Å²) in [5.74, 6) is 3.75. The number of ether oxygens (including phenoxy) is 4. The number of nitrogens with zero attached hydrogens (tertiary/aromatic N) is 1. The van der Waals surface area contributed by atoms with Gasteiger partial charge in [-0.1, -0.05) is 51.3 Å². The van der Waals surface area contributed by atoms with Crippen LogP contribution in [0, 0.1) is 5.92 Å². The highest BCUT2D eigenvalue weighted by molar-refractivity contribution is 5.71. The van der Waals surface area contributed by atoms with E-state index < -0.39 is 0 Å². The van der Waals surface area contributed by atoms with Crippen molar-refractivity contribution in [2.75, 3.05) is 40.5 Å². The van der Waals surface area contributed by atoms with Crippen molar-refractivity contribution in [1.29, 1.82) is 0 Å². The Bertz CT molecular complexity index is 1060. The van der Waals surface area contributed by atoms with Gasteiger partial charge in [-0.3, -0.25) is 0 Å². The van der Waals surface area contributed by atoms with Gasteiger partial charge >= 0.3 is 0 Å². The van der Waals surface area contributed by atoms with E-state index in [9.17, 15) is 0 Å². The Hall–Kier alpha value is -2.66. The van der Waals surface area contributed by atoms with Gasteiger partial charge in [-0.05, 0) is 107 Å². The predicted octanol–water partition coefficient (Wildman–Crippen LogP) is 9.36. The molecule has 5 heteroatoms. The molecule has 2 aromatic carbocycles. The molecule has 1 atom stereocenters. The van der Waals surface area contributed by atoms with E-state index in [-0.39, 0.29) is 0 Å². The van der Waals surface area contributed by atoms with E-state index in [1.165, 1.54) is 49.8 Å². The van der Waals surface area contributed by atoms with Crippen molar-refractivity contribution in [3.8, 4) is 34.1 Å². The molecule has 1 aliphatic heterocycles. The Morgan fingerprint density at radius 2 is 1.68 bits per heavy atom. The molecule has 0 radical (unpaired) electrons. The van der Waals surface area contributed by atoms with Crippen LogP contribution in [0.2, 0.25) is 0 Å². The first kappa shape index (κ1) is 34.5. The van der Waals surface area contributed by atoms with Crippen LogP contribution in [0.3, 0.4) is 0 Å². The zero-order valence-corrected chi connectivity index (χ0v) is 27.5. The summed E-state index contributed by atoms with van der Waals surface area (Å²) in [6, 6.07) is 11.0. The quantitative estimate of drug-likeness (QED) is 0.168. The second-order valence-electron chi connectivity index (χ2n) is 11.3. The van der Waals surface area contributed by atoms with E-state index >= 15 is 0 Å². The summed E-state index contributed by atoms with van der Waals surface area (Å²) in [4.78, 5) is 2.57. The van der Waals surface area contributed by atoms with E-state index in [0.717, 1.165) is 60.1 Å². The van der Waals surface area contributed by atoms with Crippen LogP contribution in [0.25, 0.3) is 11.1 Å². The highest BCUT2D eigenvalue weighted by Crippen LogP contribution is 2.40. The molecule has 3 rings (SSSR count). The SMILES string of the molecule is C/C=C(/C)CC.CCCCCOc1c(CC)cc(-c2ccc(OC)c(OC)c2)cc1OCC1CCCN(C(C)C)C1. The maximum Gasteiger partial charge on any atom is 0.164 e. The van der Waals surface area contributed by atoms with Crippen LogP contribution < -0.4 is 18.9 Å². The van der Waals surface area contributed by atoms with E-state index in [1.54, 1.807) is 14.2 Å². The molecule has 41 heavy (non-hydrogen) atoms. The topological polar surface area (TPSA) is 40.2 Å². The molecule has 5 nitrogen and oxygen atoms in total. The van der Waals surface area contributed by atoms with Crippen molar-refractivity contribution < 1.29 is 18.9 Å². The van der Waals surface area contributed by atoms with Gasteiger partial charge in [0.15, 0.2) is 23.0 Å². The summed E-state index contributed by atoms with van der Waals surface area (Å²) in [6.45, 7) is 19.1. The van der Waals surface area contributed by atoms with E-state index in [0.29, 0.717) is 18.6 Å². The van der Waals surface area contributed by atoms with Crippen molar-refractivity contribution in [3.05, 3.63) is 47.5 Å². The summed E-state index contributed by atoms with van der Waals surface area (Å²) in [5.41, 5.74) is 4.82. The largest absolute Gasteiger partial charge is 0.493 e. The van der Waals surface area contributed by atoms with Crippen LogP contribution in [0.5, 0.6) is 23.0 Å². The molecule has 0 saturated carbocycles. The minimum absolute atomic E-state index is 0.536. The molecular weight excluding hydrogens is 510 g/mol. The molecule has 1 saturated heterocycles. The summed E-state index contributed by atoms with van der Waals surface area (Å²) in [5, 5.41) is 0. The van der Waals surface area contributed by atoms with Gasteiger partial charge in [0.2, 0.25) is 0 Å². The summed E-state index contributed by atoms with van der Waals surface area (Å²) in [7, 11) is 3.33. The number of aryl methyl sites for hydroxylation is 1. The Morgan fingerprint density at radius 3 is 2.27 bits per heavy atom. The molecule has 0 N–H and O–H groups in total. The van der Waals surface area contributed by atoms with Crippen molar-refractivity contribution in [2.24, 2.45) is 5.92 Å². The highest BCUT2D eigenvalue weighted by Gasteiger charge is 2.23. The molecule has 0 aromatic heterocycles. The van der Waals surface area contributed by atoms with Gasteiger partial charge in [-0.15, -0.1) is 0 Å². The Morgan fingerprint density at radius 1 is 0.951 bits per heavy atom. The average molecular weight is 568 g/mol. The highest BCUT2D eigenvalue weighted by atomic mass is 16.5. The standard InChI is InChI=1S/C30H45NO4.C6H12/c1-7-9-10-16-34-30-24(8-2)17-26(25-13-14-27(32-5)28(18-25)33-6)19-29(30)35-21-23-12-11-15-31(20-23)22(3)4;1-4-6(3)5-2/h13-14,17-19,22-23H,7-12,15-16,20-21H2,1-6H3;4H,5H2,1-3H3/b;6-4-. The van der Waals surface area contributed by atoms with Crippen LogP contribution in [-0.2, 0) is 6.42 Å². The molecule has 2 aromatic rings. The molecule has 1 heterocycles. The van der Waals surface area contributed by atoms with Crippen molar-refractivity contribution >= 4 is 0 Å². The molecule has 1 unspecified atom stereocenters. The lowest BCUT2D eigenvalue weighted by Crippen LogP contribution is -2.41. The zero-order valence-electron chi connectivity index (χ0n) is 27.5. The lowest BCUT2D eigenvalue weighted by Gasteiger charge is -2.35. The summed E-state index contributed by atoms with van der Waals surface area (Å²) in [6.07, 6.45) is 10.1. The molecule has 0 spiro atoms. The first-order valence-corrected chi connectivity index (χ1v) is 15.8. The Balaban J connectivity index is 0.000000883. The van der Waals surface area contributed by atoms with Gasteiger partial charge < -0.3 is 23.8 Å². The lowest BCUT2D eigenvalue weighted by atomic mass is 9.97. The molecule has 0 aliphatic carbocycles. The smallest absolute Gasteiger partial charge is 0.164 e. The average Bonchev–Trinajstić information content (AvgIpc) is 3.01. The van der Waals surface area contributed by atoms with Crippen LogP contribution in [0.1, 0.15) is 92.6 Å². The fraction of sp³-hybridized carbons (Fsp3) is 0.611. The number of rotatable bonds is 14. The molecule has 0 bridgehead atoms. The Labute approximate surface area is 251 Å². The second-order valence-corrected chi connectivity index (χ2v) is 11.3. The third-order valence-corrected chi connectivity index (χ3v) is 8.03. The maximum absolute atomic E-state index is 6.56. The number of benzene rings is 2. The first-order valence-electron chi connectivity index (χ1n) is 15.8. The third kappa shape index (κ3) is 10.9. The fourth-order valence-corrected chi connectivity index (χ4v) is 5.02. The molecular formula is C36H57NO4. The zero-order chi connectivity index (χ0) is 30.2. The van der Waals surface area contributed by atoms with Crippen LogP contribution >= 0.6 is 0 Å². The number of hydrogen-bond acceptors (Lipinski definition) is 5. The van der Waals surface area contributed by atoms with Gasteiger partial charge in [0.25, 0.3) is 0 Å². The number of unbranched alkanes of at least 4 members (excludes halogenated alkanes) is 2. The Kier molecular flexibility index (Phi) is 15.8. The van der Waals surface area contributed by atoms with Gasteiger partial charge in [0, 0.05) is 18.5 Å². The van der Waals surface area contributed by atoms with Crippen LogP contribution in [-0.4, -0.2) is 51.5 Å². The predicted molar refractivity (Wildman–Crippen MR) is 174 cm³/mol. The second kappa shape index (κ2) is 18.7. The molecule has 230 valence electrons. The van der Waals surface area contributed by atoms with Crippen molar-refractivity contribution in [1.82, 2.24) is 4.90 Å². The van der Waals surface area contributed by atoms with Crippen LogP contribution in [0.4, 0.5) is 0 Å². The lowest BCUT2D eigenvalue weighted by molar-refractivity contribution is 0.105.